The minimum Gasteiger partial charge on any atom is -0.490 e. The number of ether oxygens (including phenoxy) is 2. The van der Waals surface area contributed by atoms with Crippen LogP contribution in [0.2, 0.25) is 0 Å². The number of carbonyl (C=O) groups is 1. The van der Waals surface area contributed by atoms with Gasteiger partial charge in [0.2, 0.25) is 15.9 Å². The molecular weight excluding hydrogens is 380 g/mol. The van der Waals surface area contributed by atoms with Crippen molar-refractivity contribution in [3.05, 3.63) is 48.0 Å². The molecule has 8 heteroatoms. The normalized spacial score (nSPS) is 11.1. The van der Waals surface area contributed by atoms with E-state index in [-0.39, 0.29) is 17.2 Å². The summed E-state index contributed by atoms with van der Waals surface area (Å²) in [4.78, 5) is 12.4. The zero-order valence-corrected chi connectivity index (χ0v) is 17.1. The Kier molecular flexibility index (Phi) is 7.83. The first-order chi connectivity index (χ1) is 13.4. The van der Waals surface area contributed by atoms with Crippen molar-refractivity contribution in [3.63, 3.8) is 0 Å². The maximum Gasteiger partial charge on any atom is 0.240 e. The number of carbonyl (C=O) groups excluding carboxylic acids is 1. The molecule has 1 amide bonds. The molecule has 0 radical (unpaired) electrons. The number of benzene rings is 2. The predicted molar refractivity (Wildman–Crippen MR) is 108 cm³/mol. The largest absolute Gasteiger partial charge is 0.490 e. The molecule has 0 fully saturated rings. The summed E-state index contributed by atoms with van der Waals surface area (Å²) in [7, 11) is -2.09. The predicted octanol–water partition coefficient (Wildman–Crippen LogP) is 2.96. The van der Waals surface area contributed by atoms with E-state index in [2.05, 4.69) is 10.0 Å². The second kappa shape index (κ2) is 10.1. The van der Waals surface area contributed by atoms with Crippen molar-refractivity contribution in [3.8, 4) is 11.5 Å². The van der Waals surface area contributed by atoms with Crippen LogP contribution in [0.1, 0.15) is 25.8 Å². The first kappa shape index (κ1) is 21.7. The van der Waals surface area contributed by atoms with E-state index in [9.17, 15) is 13.2 Å². The fourth-order valence-electron chi connectivity index (χ4n) is 2.56. The molecule has 0 spiro atoms. The lowest BCUT2D eigenvalue weighted by atomic mass is 10.1. The lowest BCUT2D eigenvalue weighted by Crippen LogP contribution is -2.18. The average Bonchev–Trinajstić information content (AvgIpc) is 2.69. The maximum atomic E-state index is 12.2. The van der Waals surface area contributed by atoms with Crippen LogP contribution in [0.25, 0.3) is 0 Å². The Bertz CT molecular complexity index is 895. The van der Waals surface area contributed by atoms with Crippen molar-refractivity contribution < 1.29 is 22.7 Å². The number of amides is 1. The molecule has 0 aliphatic rings. The Morgan fingerprint density at radius 3 is 2.21 bits per heavy atom. The van der Waals surface area contributed by atoms with Gasteiger partial charge in [0.1, 0.15) is 0 Å². The lowest BCUT2D eigenvalue weighted by Gasteiger charge is -2.13. The van der Waals surface area contributed by atoms with Gasteiger partial charge in [-0.2, -0.15) is 0 Å². The van der Waals surface area contributed by atoms with Crippen molar-refractivity contribution in [2.24, 2.45) is 0 Å². The van der Waals surface area contributed by atoms with Gasteiger partial charge in [0, 0.05) is 18.2 Å². The van der Waals surface area contributed by atoms with E-state index in [4.69, 9.17) is 9.47 Å². The van der Waals surface area contributed by atoms with Crippen LogP contribution in [-0.2, 0) is 21.2 Å². The highest BCUT2D eigenvalue weighted by molar-refractivity contribution is 7.89. The van der Waals surface area contributed by atoms with E-state index < -0.39 is 10.0 Å². The van der Waals surface area contributed by atoms with Gasteiger partial charge in [-0.25, -0.2) is 13.1 Å². The number of aryl methyl sites for hydroxylation is 1. The van der Waals surface area contributed by atoms with Gasteiger partial charge in [0.25, 0.3) is 0 Å². The van der Waals surface area contributed by atoms with Crippen LogP contribution in [0.3, 0.4) is 0 Å². The third kappa shape index (κ3) is 5.97. The number of sulfonamides is 1. The monoisotopic (exact) mass is 406 g/mol. The van der Waals surface area contributed by atoms with Gasteiger partial charge < -0.3 is 14.8 Å². The highest BCUT2D eigenvalue weighted by Crippen LogP contribution is 2.30. The quantitative estimate of drug-likeness (QED) is 0.633. The Labute approximate surface area is 166 Å². The topological polar surface area (TPSA) is 93.7 Å². The zero-order chi connectivity index (χ0) is 20.6. The van der Waals surface area contributed by atoms with Gasteiger partial charge in [0.15, 0.2) is 11.5 Å². The van der Waals surface area contributed by atoms with E-state index in [1.54, 1.807) is 30.3 Å². The van der Waals surface area contributed by atoms with Crippen LogP contribution >= 0.6 is 0 Å². The number of hydrogen-bond donors (Lipinski definition) is 2. The van der Waals surface area contributed by atoms with Gasteiger partial charge >= 0.3 is 0 Å². The van der Waals surface area contributed by atoms with Gasteiger partial charge in [-0.15, -0.1) is 0 Å². The second-order valence-electron chi connectivity index (χ2n) is 5.93. The SMILES string of the molecule is CCOc1ccc(NC(=O)CCc2ccc(S(=O)(=O)NC)cc2)cc1OCC. The third-order valence-electron chi connectivity index (χ3n) is 3.97. The van der Waals surface area contributed by atoms with E-state index in [1.807, 2.05) is 13.8 Å². The van der Waals surface area contributed by atoms with Crippen LogP contribution in [0.15, 0.2) is 47.4 Å². The molecule has 2 aromatic rings. The number of hydrogen-bond acceptors (Lipinski definition) is 5. The minimum absolute atomic E-state index is 0.140. The fourth-order valence-corrected chi connectivity index (χ4v) is 3.29. The molecule has 7 nitrogen and oxygen atoms in total. The first-order valence-electron chi connectivity index (χ1n) is 9.11. The highest BCUT2D eigenvalue weighted by Gasteiger charge is 2.11. The average molecular weight is 407 g/mol. The summed E-state index contributed by atoms with van der Waals surface area (Å²) < 4.78 is 36.8. The molecular formula is C20H26N2O5S. The van der Waals surface area contributed by atoms with Gasteiger partial charge in [0.05, 0.1) is 18.1 Å². The molecule has 28 heavy (non-hydrogen) atoms. The maximum absolute atomic E-state index is 12.2. The zero-order valence-electron chi connectivity index (χ0n) is 16.3. The lowest BCUT2D eigenvalue weighted by molar-refractivity contribution is -0.116. The van der Waals surface area contributed by atoms with Crippen molar-refractivity contribution in [1.29, 1.82) is 0 Å². The Hall–Kier alpha value is -2.58. The van der Waals surface area contributed by atoms with Crippen LogP contribution in [0.5, 0.6) is 11.5 Å². The van der Waals surface area contributed by atoms with Gasteiger partial charge in [-0.05, 0) is 57.1 Å². The first-order valence-corrected chi connectivity index (χ1v) is 10.6. The summed E-state index contributed by atoms with van der Waals surface area (Å²) in [6.07, 6.45) is 0.774. The minimum atomic E-state index is -3.45. The van der Waals surface area contributed by atoms with Crippen LogP contribution in [-0.4, -0.2) is 34.6 Å². The summed E-state index contributed by atoms with van der Waals surface area (Å²) in [5.41, 5.74) is 1.51. The van der Waals surface area contributed by atoms with E-state index >= 15 is 0 Å². The summed E-state index contributed by atoms with van der Waals surface area (Å²) in [6, 6.07) is 11.8. The summed E-state index contributed by atoms with van der Waals surface area (Å²) in [5, 5.41) is 2.84. The van der Waals surface area contributed by atoms with Crippen LogP contribution in [0, 0.1) is 0 Å². The standard InChI is InChI=1S/C20H26N2O5S/c1-4-26-18-12-9-16(14-19(18)27-5-2)22-20(23)13-8-15-6-10-17(11-7-15)28(24,25)21-3/h6-7,9-12,14,21H,4-5,8,13H2,1-3H3,(H,22,23). The summed E-state index contributed by atoms with van der Waals surface area (Å²) in [5.74, 6) is 1.08. The van der Waals surface area contributed by atoms with E-state index in [0.717, 1.165) is 5.56 Å². The molecule has 0 unspecified atom stereocenters. The van der Waals surface area contributed by atoms with Crippen molar-refractivity contribution in [1.82, 2.24) is 4.72 Å². The molecule has 2 aromatic carbocycles. The molecule has 0 aliphatic heterocycles. The Morgan fingerprint density at radius 2 is 1.61 bits per heavy atom. The molecule has 0 bridgehead atoms. The van der Waals surface area contributed by atoms with Crippen molar-refractivity contribution in [2.45, 2.75) is 31.6 Å². The smallest absolute Gasteiger partial charge is 0.240 e. The van der Waals surface area contributed by atoms with Crippen LogP contribution in [0.4, 0.5) is 5.69 Å². The van der Waals surface area contributed by atoms with Crippen LogP contribution < -0.4 is 19.5 Å². The van der Waals surface area contributed by atoms with Gasteiger partial charge in [-0.3, -0.25) is 4.79 Å². The molecule has 0 heterocycles. The number of anilines is 1. The summed E-state index contributed by atoms with van der Waals surface area (Å²) in [6.45, 7) is 4.80. The highest BCUT2D eigenvalue weighted by atomic mass is 32.2. The Morgan fingerprint density at radius 1 is 0.964 bits per heavy atom. The molecule has 2 rings (SSSR count). The number of rotatable bonds is 10. The van der Waals surface area contributed by atoms with E-state index in [0.29, 0.717) is 36.8 Å². The third-order valence-corrected chi connectivity index (χ3v) is 5.40. The van der Waals surface area contributed by atoms with Crippen molar-refractivity contribution in [2.75, 3.05) is 25.6 Å². The second-order valence-corrected chi connectivity index (χ2v) is 7.81. The molecule has 0 saturated carbocycles. The molecule has 152 valence electrons. The summed E-state index contributed by atoms with van der Waals surface area (Å²) >= 11 is 0. The molecule has 0 aromatic heterocycles. The van der Waals surface area contributed by atoms with E-state index in [1.165, 1.54) is 19.2 Å². The fraction of sp³-hybridized carbons (Fsp3) is 0.350. The molecule has 0 saturated heterocycles. The van der Waals surface area contributed by atoms with Crippen molar-refractivity contribution >= 4 is 21.6 Å². The molecule has 2 N–H and O–H groups in total. The number of nitrogens with one attached hydrogen (secondary N) is 2. The Balaban J connectivity index is 1.96. The molecule has 0 aliphatic carbocycles. The van der Waals surface area contributed by atoms with Gasteiger partial charge in [-0.1, -0.05) is 12.1 Å². The molecule has 0 atom stereocenters.